The molecule has 0 heterocycles. The van der Waals surface area contributed by atoms with Crippen molar-refractivity contribution < 1.29 is 9.53 Å². The lowest BCUT2D eigenvalue weighted by Gasteiger charge is -2.28. The number of carbonyl (C=O) groups is 1. The lowest BCUT2D eigenvalue weighted by molar-refractivity contribution is 0.00964. The fourth-order valence-electron chi connectivity index (χ4n) is 2.32. The maximum absolute atomic E-state index is 11.9. The molecule has 2 heteroatoms. The molecule has 0 bridgehead atoms. The quantitative estimate of drug-likeness (QED) is 0.586. The van der Waals surface area contributed by atoms with Gasteiger partial charge in [0.1, 0.15) is 6.10 Å². The smallest absolute Gasteiger partial charge is 0.338 e. The Kier molecular flexibility index (Phi) is 3.97. The van der Waals surface area contributed by atoms with Crippen molar-refractivity contribution in [1.29, 1.82) is 0 Å². The minimum atomic E-state index is -0.218. The second kappa shape index (κ2) is 5.67. The van der Waals surface area contributed by atoms with E-state index >= 15 is 0 Å². The number of ether oxygens (including phenoxy) is 1. The molecule has 2 rings (SSSR count). The molecule has 0 aliphatic heterocycles. The van der Waals surface area contributed by atoms with E-state index in [9.17, 15) is 4.79 Å². The molecule has 1 aliphatic rings. The van der Waals surface area contributed by atoms with Crippen LogP contribution >= 0.6 is 0 Å². The average Bonchev–Trinajstić information content (AvgIpc) is 2.40. The fourth-order valence-corrected chi connectivity index (χ4v) is 2.32. The first-order valence-corrected chi connectivity index (χ1v) is 6.20. The molecule has 17 heavy (non-hydrogen) atoms. The summed E-state index contributed by atoms with van der Waals surface area (Å²) in [7, 11) is 0. The van der Waals surface area contributed by atoms with Crippen molar-refractivity contribution in [1.82, 2.24) is 0 Å². The Morgan fingerprint density at radius 2 is 1.94 bits per heavy atom. The highest BCUT2D eigenvalue weighted by Gasteiger charge is 2.26. The SMILES string of the molecule is C=C[C@H]1CCCC[C@H]1OC(=O)c1ccccc1. The molecule has 1 aromatic carbocycles. The summed E-state index contributed by atoms with van der Waals surface area (Å²) in [5, 5.41) is 0. The summed E-state index contributed by atoms with van der Waals surface area (Å²) in [6.07, 6.45) is 6.30. The maximum Gasteiger partial charge on any atom is 0.338 e. The highest BCUT2D eigenvalue weighted by Crippen LogP contribution is 2.28. The predicted molar refractivity (Wildman–Crippen MR) is 67.8 cm³/mol. The van der Waals surface area contributed by atoms with Crippen molar-refractivity contribution >= 4 is 5.97 Å². The molecular weight excluding hydrogens is 212 g/mol. The summed E-state index contributed by atoms with van der Waals surface area (Å²) in [5.74, 6) is 0.0979. The number of esters is 1. The van der Waals surface area contributed by atoms with Gasteiger partial charge in [0.15, 0.2) is 0 Å². The van der Waals surface area contributed by atoms with Crippen LogP contribution in [0.3, 0.4) is 0 Å². The highest BCUT2D eigenvalue weighted by molar-refractivity contribution is 5.89. The van der Waals surface area contributed by atoms with Crippen LogP contribution in [-0.4, -0.2) is 12.1 Å². The van der Waals surface area contributed by atoms with Gasteiger partial charge in [-0.2, -0.15) is 0 Å². The third-order valence-electron chi connectivity index (χ3n) is 3.32. The summed E-state index contributed by atoms with van der Waals surface area (Å²) >= 11 is 0. The third-order valence-corrected chi connectivity index (χ3v) is 3.32. The molecule has 1 fully saturated rings. The van der Waals surface area contributed by atoms with Gasteiger partial charge in [0.05, 0.1) is 5.56 Å². The molecule has 0 unspecified atom stereocenters. The largest absolute Gasteiger partial charge is 0.458 e. The average molecular weight is 230 g/mol. The van der Waals surface area contributed by atoms with E-state index in [2.05, 4.69) is 6.58 Å². The first-order chi connectivity index (χ1) is 8.31. The highest BCUT2D eigenvalue weighted by atomic mass is 16.5. The third kappa shape index (κ3) is 2.96. The first kappa shape index (κ1) is 11.9. The molecular formula is C15H18O2. The molecule has 1 aromatic rings. The van der Waals surface area contributed by atoms with E-state index in [-0.39, 0.29) is 12.1 Å². The molecule has 0 N–H and O–H groups in total. The van der Waals surface area contributed by atoms with Crippen molar-refractivity contribution in [3.05, 3.63) is 48.6 Å². The Balaban J connectivity index is 2.00. The first-order valence-electron chi connectivity index (χ1n) is 6.20. The van der Waals surface area contributed by atoms with Crippen molar-refractivity contribution in [2.45, 2.75) is 31.8 Å². The molecule has 2 atom stereocenters. The minimum absolute atomic E-state index is 0.00829. The van der Waals surface area contributed by atoms with E-state index in [0.717, 1.165) is 19.3 Å². The molecule has 0 amide bonds. The van der Waals surface area contributed by atoms with Gasteiger partial charge in [0.25, 0.3) is 0 Å². The zero-order chi connectivity index (χ0) is 12.1. The number of rotatable bonds is 3. The van der Waals surface area contributed by atoms with Crippen LogP contribution in [-0.2, 0) is 4.74 Å². The number of hydrogen-bond donors (Lipinski definition) is 0. The van der Waals surface area contributed by atoms with Gasteiger partial charge in [-0.1, -0.05) is 30.7 Å². The molecule has 0 spiro atoms. The van der Waals surface area contributed by atoms with Crippen molar-refractivity contribution in [3.63, 3.8) is 0 Å². The standard InChI is InChI=1S/C15H18O2/c1-2-12-8-6-7-11-14(12)17-15(16)13-9-4-3-5-10-13/h2-5,9-10,12,14H,1,6-8,11H2/t12-,14+/m0/s1. The lowest BCUT2D eigenvalue weighted by Crippen LogP contribution is -2.28. The molecule has 0 radical (unpaired) electrons. The van der Waals surface area contributed by atoms with Crippen molar-refractivity contribution in [3.8, 4) is 0 Å². The van der Waals surface area contributed by atoms with Crippen LogP contribution in [0.5, 0.6) is 0 Å². The van der Waals surface area contributed by atoms with Crippen molar-refractivity contribution in [2.75, 3.05) is 0 Å². The van der Waals surface area contributed by atoms with Gasteiger partial charge in [0, 0.05) is 5.92 Å². The second-order valence-corrected chi connectivity index (χ2v) is 4.49. The van der Waals surface area contributed by atoms with Gasteiger partial charge in [-0.3, -0.25) is 0 Å². The van der Waals surface area contributed by atoms with Crippen molar-refractivity contribution in [2.24, 2.45) is 5.92 Å². The van der Waals surface area contributed by atoms with Gasteiger partial charge in [-0.15, -0.1) is 6.58 Å². The van der Waals surface area contributed by atoms with Crippen LogP contribution in [0.4, 0.5) is 0 Å². The maximum atomic E-state index is 11.9. The Morgan fingerprint density at radius 3 is 2.65 bits per heavy atom. The van der Waals surface area contributed by atoms with E-state index < -0.39 is 0 Å². The fraction of sp³-hybridized carbons (Fsp3) is 0.400. The summed E-state index contributed by atoms with van der Waals surface area (Å²) in [6, 6.07) is 9.16. The normalized spacial score (nSPS) is 24.0. The lowest BCUT2D eigenvalue weighted by atomic mass is 9.86. The van der Waals surface area contributed by atoms with Crippen LogP contribution in [0.1, 0.15) is 36.0 Å². The van der Waals surface area contributed by atoms with Crippen LogP contribution in [0.25, 0.3) is 0 Å². The van der Waals surface area contributed by atoms with Gasteiger partial charge in [-0.05, 0) is 31.4 Å². The summed E-state index contributed by atoms with van der Waals surface area (Å²) < 4.78 is 5.57. The molecule has 0 aromatic heterocycles. The van der Waals surface area contributed by atoms with E-state index in [1.807, 2.05) is 24.3 Å². The van der Waals surface area contributed by atoms with E-state index in [1.54, 1.807) is 12.1 Å². The topological polar surface area (TPSA) is 26.3 Å². The molecule has 2 nitrogen and oxygen atoms in total. The second-order valence-electron chi connectivity index (χ2n) is 4.49. The van der Waals surface area contributed by atoms with Gasteiger partial charge in [0.2, 0.25) is 0 Å². The number of carbonyl (C=O) groups excluding carboxylic acids is 1. The molecule has 1 aliphatic carbocycles. The number of benzene rings is 1. The van der Waals surface area contributed by atoms with E-state index in [4.69, 9.17) is 4.74 Å². The van der Waals surface area contributed by atoms with Crippen LogP contribution in [0, 0.1) is 5.92 Å². The summed E-state index contributed by atoms with van der Waals surface area (Å²) in [5.41, 5.74) is 0.626. The Morgan fingerprint density at radius 1 is 1.24 bits per heavy atom. The van der Waals surface area contributed by atoms with Gasteiger partial charge in [-0.25, -0.2) is 4.79 Å². The molecule has 1 saturated carbocycles. The molecule has 0 saturated heterocycles. The van der Waals surface area contributed by atoms with Crippen LogP contribution in [0.2, 0.25) is 0 Å². The Hall–Kier alpha value is -1.57. The van der Waals surface area contributed by atoms with Crippen LogP contribution in [0.15, 0.2) is 43.0 Å². The zero-order valence-corrected chi connectivity index (χ0v) is 9.97. The zero-order valence-electron chi connectivity index (χ0n) is 9.97. The van der Waals surface area contributed by atoms with E-state index in [0.29, 0.717) is 11.5 Å². The van der Waals surface area contributed by atoms with E-state index in [1.165, 1.54) is 6.42 Å². The summed E-state index contributed by atoms with van der Waals surface area (Å²) in [4.78, 5) is 11.9. The number of hydrogen-bond acceptors (Lipinski definition) is 2. The Labute approximate surface area is 102 Å². The predicted octanol–water partition coefficient (Wildman–Crippen LogP) is 3.59. The monoisotopic (exact) mass is 230 g/mol. The Bertz CT molecular complexity index is 383. The molecule has 90 valence electrons. The van der Waals surface area contributed by atoms with Gasteiger partial charge >= 0.3 is 5.97 Å². The minimum Gasteiger partial charge on any atom is -0.458 e. The summed E-state index contributed by atoms with van der Waals surface area (Å²) in [6.45, 7) is 3.82. The van der Waals surface area contributed by atoms with Crippen LogP contribution < -0.4 is 0 Å². The van der Waals surface area contributed by atoms with Gasteiger partial charge < -0.3 is 4.74 Å².